The molecule has 0 amide bonds. The van der Waals surface area contributed by atoms with Gasteiger partial charge < -0.3 is 9.51 Å². The summed E-state index contributed by atoms with van der Waals surface area (Å²) < 4.78 is 2.29. The lowest BCUT2D eigenvalue weighted by Crippen LogP contribution is -1.96. The predicted octanol–water partition coefficient (Wildman–Crippen LogP) is 5.71. The number of carbonyl (C=O) groups is 1. The van der Waals surface area contributed by atoms with Gasteiger partial charge >= 0.3 is 5.97 Å². The summed E-state index contributed by atoms with van der Waals surface area (Å²) in [5.41, 5.74) is 5.60. The minimum Gasteiger partial charge on any atom is -0.477 e. The molecular weight excluding hydrogens is 368 g/mol. The van der Waals surface area contributed by atoms with Gasteiger partial charge in [0.2, 0.25) is 0 Å². The first kappa shape index (κ1) is 16.5. The van der Waals surface area contributed by atoms with E-state index in [4.69, 9.17) is 10.4 Å². The molecule has 5 aromatic rings. The van der Waals surface area contributed by atoms with Crippen LogP contribution >= 0.6 is 11.3 Å². The van der Waals surface area contributed by atoms with E-state index in [9.17, 15) is 4.79 Å². The highest BCUT2D eigenvalue weighted by molar-refractivity contribution is 7.16. The first-order valence-electron chi connectivity index (χ1n) is 8.78. The lowest BCUT2D eigenvalue weighted by molar-refractivity contribution is -0.132. The third-order valence-electron chi connectivity index (χ3n) is 5.10. The van der Waals surface area contributed by atoms with E-state index in [2.05, 4.69) is 53.8 Å². The number of hydrogen-bond acceptors (Lipinski definition) is 3. The van der Waals surface area contributed by atoms with E-state index in [1.54, 1.807) is 6.07 Å². The van der Waals surface area contributed by atoms with Crippen LogP contribution in [0.15, 0.2) is 60.2 Å². The number of rotatable bonds is 3. The molecule has 0 aliphatic carbocycles. The van der Waals surface area contributed by atoms with Gasteiger partial charge in [-0.2, -0.15) is 5.26 Å². The zero-order valence-electron chi connectivity index (χ0n) is 14.9. The molecule has 0 fully saturated rings. The highest BCUT2D eigenvalue weighted by Gasteiger charge is 2.15. The molecule has 0 aliphatic heterocycles. The number of benzene rings is 1. The summed E-state index contributed by atoms with van der Waals surface area (Å²) in [7, 11) is 0. The third-order valence-corrected chi connectivity index (χ3v) is 6.17. The first-order valence-corrected chi connectivity index (χ1v) is 9.59. The molecule has 134 valence electrons. The smallest absolute Gasteiger partial charge is 0.346 e. The van der Waals surface area contributed by atoms with E-state index in [1.807, 2.05) is 12.1 Å². The van der Waals surface area contributed by atoms with Crippen LogP contribution in [0.4, 0.5) is 0 Å². The zero-order chi connectivity index (χ0) is 19.4. The van der Waals surface area contributed by atoms with Crippen molar-refractivity contribution in [1.82, 2.24) is 4.40 Å². The molecule has 1 aromatic carbocycles. The molecule has 5 heteroatoms. The van der Waals surface area contributed by atoms with Crippen molar-refractivity contribution in [2.75, 3.05) is 0 Å². The highest BCUT2D eigenvalue weighted by atomic mass is 32.1. The topological polar surface area (TPSA) is 65.5 Å². The van der Waals surface area contributed by atoms with E-state index in [0.717, 1.165) is 26.2 Å². The van der Waals surface area contributed by atoms with Gasteiger partial charge in [-0.05, 0) is 55.0 Å². The maximum absolute atomic E-state index is 11.1. The van der Waals surface area contributed by atoms with Crippen LogP contribution < -0.4 is 0 Å². The summed E-state index contributed by atoms with van der Waals surface area (Å²) in [6.07, 6.45) is 1.42. The van der Waals surface area contributed by atoms with Crippen molar-refractivity contribution < 1.29 is 9.90 Å². The van der Waals surface area contributed by atoms with Crippen molar-refractivity contribution >= 4 is 50.7 Å². The number of nitrogens with zero attached hydrogens (tertiary/aromatic N) is 2. The Hall–Kier alpha value is -3.62. The van der Waals surface area contributed by atoms with Gasteiger partial charge in [0.1, 0.15) is 11.6 Å². The molecule has 0 unspecified atom stereocenters. The van der Waals surface area contributed by atoms with Crippen LogP contribution in [0, 0.1) is 18.3 Å². The Bertz CT molecular complexity index is 1460. The van der Waals surface area contributed by atoms with Crippen molar-refractivity contribution in [3.8, 4) is 16.5 Å². The second-order valence-electron chi connectivity index (χ2n) is 6.78. The number of nitriles is 1. The molecule has 0 saturated heterocycles. The molecule has 28 heavy (non-hydrogen) atoms. The molecule has 5 rings (SSSR count). The molecule has 4 heterocycles. The maximum Gasteiger partial charge on any atom is 0.346 e. The molecular formula is C23H14N2O2S. The Morgan fingerprint density at radius 3 is 2.61 bits per heavy atom. The number of carboxylic acids is 1. The quantitative estimate of drug-likeness (QED) is 0.321. The fraction of sp³-hybridized carbons (Fsp3) is 0.0435. The Labute approximate surface area is 164 Å². The SMILES string of the molecule is Cc1cc2ccc3cc(-c4ccc(/C=C(\C#N)C(=O)O)s4)c4cccc1c4n23. The summed E-state index contributed by atoms with van der Waals surface area (Å²) in [4.78, 5) is 12.9. The summed E-state index contributed by atoms with van der Waals surface area (Å²) in [6.45, 7) is 2.13. The molecule has 0 spiro atoms. The number of aryl methyl sites for hydroxylation is 1. The molecule has 0 aliphatic rings. The van der Waals surface area contributed by atoms with E-state index in [0.29, 0.717) is 0 Å². The average molecular weight is 382 g/mol. The molecule has 4 aromatic heterocycles. The van der Waals surface area contributed by atoms with Gasteiger partial charge in [-0.1, -0.05) is 18.2 Å². The minimum atomic E-state index is -1.21. The van der Waals surface area contributed by atoms with Gasteiger partial charge in [-0.25, -0.2) is 4.79 Å². The van der Waals surface area contributed by atoms with Gasteiger partial charge in [0.05, 0.1) is 5.52 Å². The van der Waals surface area contributed by atoms with Crippen molar-refractivity contribution in [1.29, 1.82) is 5.26 Å². The van der Waals surface area contributed by atoms with Crippen LogP contribution in [0.3, 0.4) is 0 Å². The molecule has 4 nitrogen and oxygen atoms in total. The molecule has 0 atom stereocenters. The minimum absolute atomic E-state index is 0.262. The number of hydrogen-bond donors (Lipinski definition) is 1. The summed E-state index contributed by atoms with van der Waals surface area (Å²) in [5, 5.41) is 20.5. The summed E-state index contributed by atoms with van der Waals surface area (Å²) >= 11 is 1.49. The van der Waals surface area contributed by atoms with E-state index in [1.165, 1.54) is 39.4 Å². The Morgan fingerprint density at radius 1 is 1.11 bits per heavy atom. The van der Waals surface area contributed by atoms with E-state index in [-0.39, 0.29) is 5.57 Å². The van der Waals surface area contributed by atoms with Crippen LogP contribution in [0.2, 0.25) is 0 Å². The second-order valence-corrected chi connectivity index (χ2v) is 7.90. The van der Waals surface area contributed by atoms with Crippen molar-refractivity contribution in [2.45, 2.75) is 6.92 Å². The van der Waals surface area contributed by atoms with Crippen molar-refractivity contribution in [3.63, 3.8) is 0 Å². The van der Waals surface area contributed by atoms with Crippen LogP contribution in [0.1, 0.15) is 10.4 Å². The third kappa shape index (κ3) is 2.32. The van der Waals surface area contributed by atoms with Crippen molar-refractivity contribution in [2.24, 2.45) is 0 Å². The van der Waals surface area contributed by atoms with Gasteiger partial charge in [0, 0.05) is 37.1 Å². The van der Waals surface area contributed by atoms with Crippen molar-refractivity contribution in [3.05, 3.63) is 70.6 Å². The second kappa shape index (κ2) is 5.95. The standard InChI is InChI=1S/C23H14N2O2S/c1-13-9-15-5-6-16-11-20(19-4-2-3-18(13)22(19)25(15)16)21-8-7-17(28-21)10-14(12-24)23(26)27/h2-11H,1H3,(H,26,27)/b14-10+. The zero-order valence-corrected chi connectivity index (χ0v) is 15.7. The lowest BCUT2D eigenvalue weighted by Gasteiger charge is -2.14. The van der Waals surface area contributed by atoms with Crippen LogP contribution in [-0.4, -0.2) is 15.5 Å². The normalized spacial score (nSPS) is 12.2. The molecule has 0 saturated carbocycles. The van der Waals surface area contributed by atoms with Gasteiger partial charge in [0.15, 0.2) is 0 Å². The fourth-order valence-corrected chi connectivity index (χ4v) is 4.84. The summed E-state index contributed by atoms with van der Waals surface area (Å²) in [5.74, 6) is -1.21. The number of carboxylic acid groups (broad SMARTS) is 1. The van der Waals surface area contributed by atoms with Crippen LogP contribution in [0.25, 0.3) is 43.8 Å². The maximum atomic E-state index is 11.1. The highest BCUT2D eigenvalue weighted by Crippen LogP contribution is 2.39. The number of thiophene rings is 1. The van der Waals surface area contributed by atoms with Gasteiger partial charge in [0.25, 0.3) is 0 Å². The molecule has 0 radical (unpaired) electrons. The Balaban J connectivity index is 1.79. The molecule has 1 N–H and O–H groups in total. The number of aliphatic carboxylic acids is 1. The number of aromatic nitrogens is 1. The largest absolute Gasteiger partial charge is 0.477 e. The lowest BCUT2D eigenvalue weighted by atomic mass is 10.0. The predicted molar refractivity (Wildman–Crippen MR) is 113 cm³/mol. The molecule has 0 bridgehead atoms. The monoisotopic (exact) mass is 382 g/mol. The van der Waals surface area contributed by atoms with Gasteiger partial charge in [-0.15, -0.1) is 11.3 Å². The van der Waals surface area contributed by atoms with E-state index >= 15 is 0 Å². The van der Waals surface area contributed by atoms with E-state index < -0.39 is 5.97 Å². The first-order chi connectivity index (χ1) is 13.6. The number of para-hydroxylation sites is 1. The van der Waals surface area contributed by atoms with Crippen LogP contribution in [-0.2, 0) is 4.79 Å². The fourth-order valence-electron chi connectivity index (χ4n) is 3.86. The average Bonchev–Trinajstić information content (AvgIpc) is 3.32. The number of pyridine rings is 2. The Kier molecular flexibility index (Phi) is 3.51. The van der Waals surface area contributed by atoms with Crippen LogP contribution in [0.5, 0.6) is 0 Å². The summed E-state index contributed by atoms with van der Waals surface area (Å²) in [6, 6.07) is 20.6. The van der Waals surface area contributed by atoms with Gasteiger partial charge in [-0.3, -0.25) is 0 Å². The Morgan fingerprint density at radius 2 is 1.86 bits per heavy atom.